The minimum absolute atomic E-state index is 0.0197. The van der Waals surface area contributed by atoms with E-state index in [-0.39, 0.29) is 12.2 Å². The number of hydrogen-bond acceptors (Lipinski definition) is 6. The quantitative estimate of drug-likeness (QED) is 0.601. The molecule has 2 atom stereocenters. The predicted octanol–water partition coefficient (Wildman–Crippen LogP) is 3.16. The Bertz CT molecular complexity index is 1110. The highest BCUT2D eigenvalue weighted by Gasteiger charge is 2.29. The zero-order chi connectivity index (χ0) is 18.2. The van der Waals surface area contributed by atoms with Gasteiger partial charge in [-0.15, -0.1) is 0 Å². The minimum Gasteiger partial charge on any atom is -0.491 e. The molecule has 3 aromatic heterocycles. The Morgan fingerprint density at radius 3 is 3.07 bits per heavy atom. The molecule has 0 bridgehead atoms. The van der Waals surface area contributed by atoms with Crippen LogP contribution in [0.2, 0.25) is 0 Å². The van der Waals surface area contributed by atoms with Crippen LogP contribution in [0.25, 0.3) is 16.4 Å². The van der Waals surface area contributed by atoms with E-state index < -0.39 is 0 Å². The van der Waals surface area contributed by atoms with Gasteiger partial charge in [-0.2, -0.15) is 5.10 Å². The first-order valence-electron chi connectivity index (χ1n) is 8.99. The van der Waals surface area contributed by atoms with Crippen LogP contribution < -0.4 is 10.5 Å². The van der Waals surface area contributed by atoms with Crippen LogP contribution in [0.15, 0.2) is 55.0 Å². The Balaban J connectivity index is 1.27. The second kappa shape index (κ2) is 6.51. The molecule has 0 radical (unpaired) electrons. The first-order valence-corrected chi connectivity index (χ1v) is 8.99. The summed E-state index contributed by atoms with van der Waals surface area (Å²) >= 11 is 0. The molecule has 0 amide bonds. The molecule has 0 aliphatic carbocycles. The van der Waals surface area contributed by atoms with Gasteiger partial charge in [0, 0.05) is 17.6 Å². The number of aromatic nitrogens is 4. The van der Waals surface area contributed by atoms with Crippen molar-refractivity contribution in [3.63, 3.8) is 0 Å². The fraction of sp³-hybridized carbons (Fsp3) is 0.250. The average Bonchev–Trinajstić information content (AvgIpc) is 3.33. The van der Waals surface area contributed by atoms with E-state index in [1.165, 1.54) is 6.33 Å². The number of hydrogen-bond donors (Lipinski definition) is 1. The lowest BCUT2D eigenvalue weighted by atomic mass is 10.1. The van der Waals surface area contributed by atoms with Gasteiger partial charge in [0.1, 0.15) is 30.3 Å². The lowest BCUT2D eigenvalue weighted by molar-refractivity contribution is 0.0147. The molecule has 7 nitrogen and oxygen atoms in total. The van der Waals surface area contributed by atoms with Crippen molar-refractivity contribution in [3.8, 4) is 5.75 Å². The first kappa shape index (κ1) is 16.0. The van der Waals surface area contributed by atoms with E-state index >= 15 is 0 Å². The zero-order valence-electron chi connectivity index (χ0n) is 14.7. The number of benzene rings is 1. The van der Waals surface area contributed by atoms with Gasteiger partial charge in [-0.25, -0.2) is 9.50 Å². The van der Waals surface area contributed by atoms with Gasteiger partial charge in [-0.3, -0.25) is 4.98 Å². The van der Waals surface area contributed by atoms with E-state index in [1.807, 2.05) is 47.0 Å². The fourth-order valence-electron chi connectivity index (χ4n) is 3.59. The van der Waals surface area contributed by atoms with Gasteiger partial charge in [-0.05, 0) is 43.2 Å². The number of rotatable bonds is 4. The largest absolute Gasteiger partial charge is 0.491 e. The van der Waals surface area contributed by atoms with E-state index in [2.05, 4.69) is 15.1 Å². The SMILES string of the molecule is Nc1ncnn2c([C@H]3CC[C@@H](COc4ccc5cccnc5c4)O3)ccc12. The Morgan fingerprint density at radius 1 is 1.15 bits per heavy atom. The molecular formula is C20H19N5O2. The Morgan fingerprint density at radius 2 is 2.11 bits per heavy atom. The van der Waals surface area contributed by atoms with Gasteiger partial charge in [0.2, 0.25) is 0 Å². The summed E-state index contributed by atoms with van der Waals surface area (Å²) in [7, 11) is 0. The lowest BCUT2D eigenvalue weighted by Crippen LogP contribution is -2.17. The van der Waals surface area contributed by atoms with E-state index in [9.17, 15) is 0 Å². The molecule has 7 heteroatoms. The number of ether oxygens (including phenoxy) is 2. The van der Waals surface area contributed by atoms with Crippen molar-refractivity contribution in [1.29, 1.82) is 0 Å². The summed E-state index contributed by atoms with van der Waals surface area (Å²) in [6.45, 7) is 0.509. The Hall–Kier alpha value is -3.19. The second-order valence-corrected chi connectivity index (χ2v) is 6.69. The molecule has 27 heavy (non-hydrogen) atoms. The summed E-state index contributed by atoms with van der Waals surface area (Å²) in [4.78, 5) is 8.39. The molecule has 0 saturated carbocycles. The summed E-state index contributed by atoms with van der Waals surface area (Å²) in [5.74, 6) is 1.28. The molecule has 1 aliphatic rings. The van der Waals surface area contributed by atoms with Crippen molar-refractivity contribution < 1.29 is 9.47 Å². The van der Waals surface area contributed by atoms with E-state index in [1.54, 1.807) is 6.20 Å². The minimum atomic E-state index is -0.0197. The molecule has 1 aromatic carbocycles. The fourth-order valence-corrected chi connectivity index (χ4v) is 3.59. The van der Waals surface area contributed by atoms with Crippen LogP contribution in [0.5, 0.6) is 5.75 Å². The molecule has 136 valence electrons. The molecule has 4 aromatic rings. The number of nitrogens with zero attached hydrogens (tertiary/aromatic N) is 4. The molecule has 1 aliphatic heterocycles. The third kappa shape index (κ3) is 2.96. The van der Waals surface area contributed by atoms with Crippen LogP contribution >= 0.6 is 0 Å². The number of pyridine rings is 1. The van der Waals surface area contributed by atoms with Crippen molar-refractivity contribution in [2.45, 2.75) is 25.0 Å². The van der Waals surface area contributed by atoms with Gasteiger partial charge < -0.3 is 15.2 Å². The lowest BCUT2D eigenvalue weighted by Gasteiger charge is -2.15. The highest BCUT2D eigenvalue weighted by molar-refractivity contribution is 5.79. The van der Waals surface area contributed by atoms with Crippen LogP contribution in [0.1, 0.15) is 24.6 Å². The highest BCUT2D eigenvalue weighted by Crippen LogP contribution is 2.34. The molecule has 0 spiro atoms. The summed E-state index contributed by atoms with van der Waals surface area (Å²) in [6.07, 6.45) is 5.13. The van der Waals surface area contributed by atoms with Crippen molar-refractivity contribution in [2.24, 2.45) is 0 Å². The van der Waals surface area contributed by atoms with Gasteiger partial charge in [0.25, 0.3) is 0 Å². The number of fused-ring (bicyclic) bond motifs is 2. The molecule has 4 heterocycles. The summed E-state index contributed by atoms with van der Waals surface area (Å²) in [5.41, 5.74) is 8.64. The van der Waals surface area contributed by atoms with Crippen LogP contribution in [0, 0.1) is 0 Å². The molecular weight excluding hydrogens is 342 g/mol. The predicted molar refractivity (Wildman–Crippen MR) is 101 cm³/mol. The third-order valence-electron chi connectivity index (χ3n) is 4.96. The standard InChI is InChI=1S/C20H19N5O2/c21-20-18-7-6-17(25(18)24-12-23-20)19-8-5-15(27-19)11-26-14-4-3-13-2-1-9-22-16(13)10-14/h1-4,6-7,9-10,12,15,19H,5,8,11H2,(H2,21,23,24)/t15-,19+/m0/s1. The first-order chi connectivity index (χ1) is 13.3. The van der Waals surface area contributed by atoms with Gasteiger partial charge >= 0.3 is 0 Å². The summed E-state index contributed by atoms with van der Waals surface area (Å²) in [6, 6.07) is 13.9. The van der Waals surface area contributed by atoms with Gasteiger partial charge in [0.15, 0.2) is 5.82 Å². The number of nitrogens with two attached hydrogens (primary N) is 1. The monoisotopic (exact) mass is 361 g/mol. The molecule has 1 saturated heterocycles. The normalized spacial score (nSPS) is 19.7. The third-order valence-corrected chi connectivity index (χ3v) is 4.96. The topological polar surface area (TPSA) is 87.6 Å². The maximum atomic E-state index is 6.20. The number of anilines is 1. The maximum Gasteiger partial charge on any atom is 0.151 e. The van der Waals surface area contributed by atoms with Gasteiger partial charge in [0.05, 0.1) is 17.3 Å². The Labute approximate surface area is 155 Å². The average molecular weight is 361 g/mol. The van der Waals surface area contributed by atoms with Crippen LogP contribution in [-0.4, -0.2) is 32.3 Å². The van der Waals surface area contributed by atoms with Crippen molar-refractivity contribution in [3.05, 3.63) is 60.7 Å². The smallest absolute Gasteiger partial charge is 0.151 e. The van der Waals surface area contributed by atoms with Crippen LogP contribution in [0.3, 0.4) is 0 Å². The molecule has 0 unspecified atom stereocenters. The number of nitrogen functional groups attached to an aromatic ring is 1. The van der Waals surface area contributed by atoms with Crippen molar-refractivity contribution in [1.82, 2.24) is 19.6 Å². The van der Waals surface area contributed by atoms with Crippen LogP contribution in [-0.2, 0) is 4.74 Å². The van der Waals surface area contributed by atoms with Crippen molar-refractivity contribution >= 4 is 22.2 Å². The summed E-state index contributed by atoms with van der Waals surface area (Å²) < 4.78 is 14.0. The zero-order valence-corrected chi connectivity index (χ0v) is 14.7. The van der Waals surface area contributed by atoms with Gasteiger partial charge in [-0.1, -0.05) is 6.07 Å². The molecule has 5 rings (SSSR count). The molecule has 1 fully saturated rings. The Kier molecular flexibility index (Phi) is 3.86. The highest BCUT2D eigenvalue weighted by atomic mass is 16.5. The molecule has 2 N–H and O–H groups in total. The summed E-state index contributed by atoms with van der Waals surface area (Å²) in [5, 5.41) is 5.40. The van der Waals surface area contributed by atoms with Crippen LogP contribution in [0.4, 0.5) is 5.82 Å². The van der Waals surface area contributed by atoms with E-state index in [4.69, 9.17) is 15.2 Å². The second-order valence-electron chi connectivity index (χ2n) is 6.69. The van der Waals surface area contributed by atoms with Crippen molar-refractivity contribution in [2.75, 3.05) is 12.3 Å². The van der Waals surface area contributed by atoms with E-state index in [0.29, 0.717) is 12.4 Å². The van der Waals surface area contributed by atoms with E-state index in [0.717, 1.165) is 40.7 Å². The maximum absolute atomic E-state index is 6.20.